The highest BCUT2D eigenvalue weighted by Gasteiger charge is 2.20. The molecular weight excluding hydrogens is 218 g/mol. The van der Waals surface area contributed by atoms with Gasteiger partial charge in [-0.2, -0.15) is 0 Å². The molecule has 1 aromatic rings. The quantitative estimate of drug-likeness (QED) is 0.843. The molecule has 0 aliphatic carbocycles. The lowest BCUT2D eigenvalue weighted by Gasteiger charge is -2.20. The molecule has 1 fully saturated rings. The minimum absolute atomic E-state index is 0.0582. The molecule has 1 saturated heterocycles. The molecule has 1 unspecified atom stereocenters. The Morgan fingerprint density at radius 3 is 2.59 bits per heavy atom. The second-order valence-corrected chi connectivity index (χ2v) is 4.50. The normalized spacial score (nSPS) is 17.1. The molecular formula is C13H17NO3. The highest BCUT2D eigenvalue weighted by molar-refractivity contribution is 5.77. The number of anilines is 1. The number of phenolic OH excluding ortho intramolecular Hbond substituents is 1. The summed E-state index contributed by atoms with van der Waals surface area (Å²) in [6.45, 7) is 3.60. The van der Waals surface area contributed by atoms with Gasteiger partial charge < -0.3 is 15.1 Å². The van der Waals surface area contributed by atoms with Gasteiger partial charge in [-0.15, -0.1) is 0 Å². The molecule has 0 spiro atoms. The van der Waals surface area contributed by atoms with Gasteiger partial charge in [0.05, 0.1) is 5.92 Å². The van der Waals surface area contributed by atoms with Crippen LogP contribution in [0, 0.1) is 0 Å². The fraction of sp³-hybridized carbons (Fsp3) is 0.462. The summed E-state index contributed by atoms with van der Waals surface area (Å²) < 4.78 is 0. The summed E-state index contributed by atoms with van der Waals surface area (Å²) >= 11 is 0. The van der Waals surface area contributed by atoms with Crippen LogP contribution in [0.5, 0.6) is 5.75 Å². The molecule has 4 nitrogen and oxygen atoms in total. The molecule has 1 aliphatic heterocycles. The van der Waals surface area contributed by atoms with Crippen molar-refractivity contribution in [2.45, 2.75) is 25.7 Å². The van der Waals surface area contributed by atoms with Crippen molar-refractivity contribution in [1.82, 2.24) is 0 Å². The fourth-order valence-corrected chi connectivity index (χ4v) is 2.19. The lowest BCUT2D eigenvalue weighted by Crippen LogP contribution is -2.18. The lowest BCUT2D eigenvalue weighted by molar-refractivity contribution is -0.138. The van der Waals surface area contributed by atoms with Gasteiger partial charge in [-0.1, -0.05) is 0 Å². The van der Waals surface area contributed by atoms with Crippen molar-refractivity contribution >= 4 is 11.7 Å². The molecule has 2 rings (SSSR count). The largest absolute Gasteiger partial charge is 0.508 e. The topological polar surface area (TPSA) is 60.8 Å². The van der Waals surface area contributed by atoms with E-state index < -0.39 is 11.9 Å². The summed E-state index contributed by atoms with van der Waals surface area (Å²) in [5.41, 5.74) is 1.49. The van der Waals surface area contributed by atoms with Crippen LogP contribution in [0.25, 0.3) is 0 Å². The smallest absolute Gasteiger partial charge is 0.310 e. The molecule has 1 aromatic carbocycles. The van der Waals surface area contributed by atoms with Crippen LogP contribution in [-0.2, 0) is 4.79 Å². The Labute approximate surface area is 100 Å². The number of phenols is 1. The molecule has 2 N–H and O–H groups in total. The summed E-state index contributed by atoms with van der Waals surface area (Å²) in [6.07, 6.45) is 2.34. The van der Waals surface area contributed by atoms with E-state index in [9.17, 15) is 9.90 Å². The van der Waals surface area contributed by atoms with Crippen LogP contribution in [0.2, 0.25) is 0 Å². The van der Waals surface area contributed by atoms with Gasteiger partial charge in [-0.25, -0.2) is 0 Å². The molecule has 4 heteroatoms. The zero-order valence-electron chi connectivity index (χ0n) is 9.89. The van der Waals surface area contributed by atoms with E-state index in [1.165, 1.54) is 12.8 Å². The predicted molar refractivity (Wildman–Crippen MR) is 65.6 cm³/mol. The van der Waals surface area contributed by atoms with E-state index in [0.717, 1.165) is 18.8 Å². The van der Waals surface area contributed by atoms with Crippen molar-refractivity contribution in [2.75, 3.05) is 18.0 Å². The molecule has 1 heterocycles. The number of rotatable bonds is 3. The standard InChI is InChI=1S/C13H17NO3/c1-9(13(16)17)11-8-10(4-5-12(11)15)14-6-2-3-7-14/h4-5,8-9,15H,2-3,6-7H2,1H3,(H,16,17). The average Bonchev–Trinajstić information content (AvgIpc) is 2.82. The Bertz CT molecular complexity index is 425. The molecule has 0 aromatic heterocycles. The number of aliphatic carboxylic acids is 1. The van der Waals surface area contributed by atoms with Gasteiger partial charge in [0.15, 0.2) is 0 Å². The Morgan fingerprint density at radius 2 is 2.00 bits per heavy atom. The summed E-state index contributed by atoms with van der Waals surface area (Å²) in [5, 5.41) is 18.7. The third-order valence-corrected chi connectivity index (χ3v) is 3.32. The number of hydrogen-bond donors (Lipinski definition) is 2. The van der Waals surface area contributed by atoms with Crippen molar-refractivity contribution < 1.29 is 15.0 Å². The maximum atomic E-state index is 11.0. The molecule has 92 valence electrons. The highest BCUT2D eigenvalue weighted by Crippen LogP contribution is 2.31. The Kier molecular flexibility index (Phi) is 3.22. The van der Waals surface area contributed by atoms with Crippen LogP contribution in [0.4, 0.5) is 5.69 Å². The van der Waals surface area contributed by atoms with Crippen LogP contribution in [0.15, 0.2) is 18.2 Å². The maximum absolute atomic E-state index is 11.0. The molecule has 0 radical (unpaired) electrons. The predicted octanol–water partition coefficient (Wildman–Crippen LogP) is 2.18. The van der Waals surface area contributed by atoms with Gasteiger partial charge >= 0.3 is 5.97 Å². The average molecular weight is 235 g/mol. The first-order chi connectivity index (χ1) is 8.09. The summed E-state index contributed by atoms with van der Waals surface area (Å²) in [5.74, 6) is -1.54. The first kappa shape index (κ1) is 11.8. The van der Waals surface area contributed by atoms with Crippen molar-refractivity contribution in [3.8, 4) is 5.75 Å². The van der Waals surface area contributed by atoms with E-state index in [1.54, 1.807) is 19.1 Å². The molecule has 17 heavy (non-hydrogen) atoms. The van der Waals surface area contributed by atoms with Crippen molar-refractivity contribution in [3.63, 3.8) is 0 Å². The van der Waals surface area contributed by atoms with Crippen LogP contribution in [0.3, 0.4) is 0 Å². The second-order valence-electron chi connectivity index (χ2n) is 4.50. The molecule has 0 bridgehead atoms. The SMILES string of the molecule is CC(C(=O)O)c1cc(N2CCCC2)ccc1O. The number of carbonyl (C=O) groups is 1. The highest BCUT2D eigenvalue weighted by atomic mass is 16.4. The van der Waals surface area contributed by atoms with E-state index in [2.05, 4.69) is 4.90 Å². The molecule has 1 atom stereocenters. The maximum Gasteiger partial charge on any atom is 0.310 e. The van der Waals surface area contributed by atoms with Gasteiger partial charge in [0.25, 0.3) is 0 Å². The first-order valence-electron chi connectivity index (χ1n) is 5.90. The third kappa shape index (κ3) is 2.35. The monoisotopic (exact) mass is 235 g/mol. The number of carboxylic acids is 1. The Balaban J connectivity index is 2.31. The van der Waals surface area contributed by atoms with Crippen molar-refractivity contribution in [3.05, 3.63) is 23.8 Å². The first-order valence-corrected chi connectivity index (χ1v) is 5.90. The fourth-order valence-electron chi connectivity index (χ4n) is 2.19. The van der Waals surface area contributed by atoms with Gasteiger partial charge in [0.2, 0.25) is 0 Å². The molecule has 1 aliphatic rings. The van der Waals surface area contributed by atoms with E-state index >= 15 is 0 Å². The van der Waals surface area contributed by atoms with Gasteiger partial charge in [0, 0.05) is 24.3 Å². The third-order valence-electron chi connectivity index (χ3n) is 3.32. The van der Waals surface area contributed by atoms with Crippen LogP contribution < -0.4 is 4.90 Å². The van der Waals surface area contributed by atoms with Gasteiger partial charge in [-0.3, -0.25) is 4.79 Å². The number of nitrogens with zero attached hydrogens (tertiary/aromatic N) is 1. The van der Waals surface area contributed by atoms with E-state index in [-0.39, 0.29) is 5.75 Å². The van der Waals surface area contributed by atoms with E-state index in [1.807, 2.05) is 6.07 Å². The van der Waals surface area contributed by atoms with Crippen LogP contribution in [-0.4, -0.2) is 29.3 Å². The van der Waals surface area contributed by atoms with E-state index in [4.69, 9.17) is 5.11 Å². The minimum atomic E-state index is -0.918. The number of carboxylic acid groups (broad SMARTS) is 1. The molecule has 0 saturated carbocycles. The lowest BCUT2D eigenvalue weighted by atomic mass is 9.99. The second kappa shape index (κ2) is 4.65. The summed E-state index contributed by atoms with van der Waals surface area (Å²) in [7, 11) is 0. The minimum Gasteiger partial charge on any atom is -0.508 e. The Morgan fingerprint density at radius 1 is 1.35 bits per heavy atom. The zero-order valence-corrected chi connectivity index (χ0v) is 9.89. The van der Waals surface area contributed by atoms with Gasteiger partial charge in [0.1, 0.15) is 5.75 Å². The van der Waals surface area contributed by atoms with Gasteiger partial charge in [-0.05, 0) is 38.0 Å². The zero-order chi connectivity index (χ0) is 12.4. The summed E-state index contributed by atoms with van der Waals surface area (Å²) in [6, 6.07) is 5.22. The number of benzene rings is 1. The number of hydrogen-bond acceptors (Lipinski definition) is 3. The van der Waals surface area contributed by atoms with Crippen LogP contribution >= 0.6 is 0 Å². The van der Waals surface area contributed by atoms with Crippen molar-refractivity contribution in [1.29, 1.82) is 0 Å². The Hall–Kier alpha value is -1.71. The number of aromatic hydroxyl groups is 1. The summed E-state index contributed by atoms with van der Waals surface area (Å²) in [4.78, 5) is 13.2. The van der Waals surface area contributed by atoms with E-state index in [0.29, 0.717) is 5.56 Å². The molecule has 0 amide bonds. The van der Waals surface area contributed by atoms with Crippen molar-refractivity contribution in [2.24, 2.45) is 0 Å². The van der Waals surface area contributed by atoms with Crippen LogP contribution in [0.1, 0.15) is 31.2 Å².